The second-order valence-electron chi connectivity index (χ2n) is 5.23. The molecule has 0 aliphatic rings. The zero-order chi connectivity index (χ0) is 19.0. The predicted molar refractivity (Wildman–Crippen MR) is 102 cm³/mol. The van der Waals surface area contributed by atoms with Gasteiger partial charge in [0.25, 0.3) is 10.1 Å². The summed E-state index contributed by atoms with van der Waals surface area (Å²) >= 11 is 9.02. The van der Waals surface area contributed by atoms with Crippen LogP contribution in [0.2, 0.25) is 5.15 Å². The highest BCUT2D eigenvalue weighted by atomic mass is 79.9. The maximum absolute atomic E-state index is 10.5. The van der Waals surface area contributed by atoms with Crippen molar-refractivity contribution in [1.82, 2.24) is 10.3 Å². The molecule has 9 heteroatoms. The lowest BCUT2D eigenvalue weighted by Gasteiger charge is -2.11. The van der Waals surface area contributed by atoms with E-state index in [4.69, 9.17) is 20.9 Å². The van der Waals surface area contributed by atoms with Crippen LogP contribution in [0, 0.1) is 6.92 Å². The lowest BCUT2D eigenvalue weighted by Crippen LogP contribution is -2.28. The second-order valence-corrected chi connectivity index (χ2v) is 7.87. The summed E-state index contributed by atoms with van der Waals surface area (Å²) in [6.07, 6.45) is 1.61. The third-order valence-electron chi connectivity index (χ3n) is 3.08. The minimum absolute atomic E-state index is 0.0666. The number of nitrogens with zero attached hydrogens (tertiary/aromatic N) is 1. The molecule has 0 unspecified atom stereocenters. The Labute approximate surface area is 161 Å². The molecule has 1 aromatic heterocycles. The van der Waals surface area contributed by atoms with Crippen LogP contribution in [0.1, 0.15) is 12.5 Å². The number of pyridine rings is 1. The summed E-state index contributed by atoms with van der Waals surface area (Å²) in [7, 11) is -2.13. The monoisotopic (exact) mass is 450 g/mol. The van der Waals surface area contributed by atoms with E-state index in [2.05, 4.69) is 26.2 Å². The average molecular weight is 452 g/mol. The number of aromatic nitrogens is 1. The summed E-state index contributed by atoms with van der Waals surface area (Å²) in [4.78, 5) is 3.89. The van der Waals surface area contributed by atoms with Gasteiger partial charge in [-0.15, -0.1) is 0 Å². The highest BCUT2D eigenvalue weighted by molar-refractivity contribution is 9.10. The Balaban J connectivity index is 0.000000257. The molecule has 138 valence electrons. The zero-order valence-corrected chi connectivity index (χ0v) is 17.2. The summed E-state index contributed by atoms with van der Waals surface area (Å²) < 4.78 is 35.8. The molecule has 1 heterocycles. The van der Waals surface area contributed by atoms with Crippen LogP contribution in [0.25, 0.3) is 0 Å². The number of halogens is 2. The molecule has 0 saturated carbocycles. The largest absolute Gasteiger partial charge is 0.490 e. The van der Waals surface area contributed by atoms with Gasteiger partial charge in [0.15, 0.2) is 0 Å². The topological polar surface area (TPSA) is 88.5 Å². The Bertz CT molecular complexity index is 785. The molecule has 25 heavy (non-hydrogen) atoms. The maximum atomic E-state index is 10.5. The van der Waals surface area contributed by atoms with Gasteiger partial charge < -0.3 is 10.1 Å². The van der Waals surface area contributed by atoms with E-state index in [0.717, 1.165) is 10.0 Å². The van der Waals surface area contributed by atoms with E-state index in [1.165, 1.54) is 12.1 Å². The summed E-state index contributed by atoms with van der Waals surface area (Å²) in [6.45, 7) is 4.48. The second kappa shape index (κ2) is 10.1. The number of aryl methyl sites for hydroxylation is 1. The van der Waals surface area contributed by atoms with Crippen LogP contribution < -0.4 is 10.1 Å². The third kappa shape index (κ3) is 8.15. The Kier molecular flexibility index (Phi) is 8.81. The Hall–Kier alpha value is -1.19. The summed E-state index contributed by atoms with van der Waals surface area (Å²) in [5.74, 6) is 0.711. The highest BCUT2D eigenvalue weighted by Gasteiger charge is 2.07. The highest BCUT2D eigenvalue weighted by Crippen LogP contribution is 2.24. The van der Waals surface area contributed by atoms with Crippen LogP contribution in [0.4, 0.5) is 0 Å². The van der Waals surface area contributed by atoms with Crippen molar-refractivity contribution in [2.75, 3.05) is 13.7 Å². The van der Waals surface area contributed by atoms with Crippen LogP contribution in [0.5, 0.6) is 5.75 Å². The van der Waals surface area contributed by atoms with E-state index in [1.807, 2.05) is 20.9 Å². The molecule has 2 aromatic rings. The summed E-state index contributed by atoms with van der Waals surface area (Å²) in [5, 5.41) is 3.52. The SMILES string of the molecule is CN[C@@H](C)COc1cnc(Cl)c(Br)c1.Cc1ccc(S(=O)(=O)O)cc1. The molecule has 1 aromatic carbocycles. The van der Waals surface area contributed by atoms with E-state index in [0.29, 0.717) is 23.6 Å². The standard InChI is InChI=1S/C9H12BrClN2O.C7H8O3S/c1-6(12-2)5-14-7-3-8(10)9(11)13-4-7;1-6-2-4-7(5-3-6)11(8,9)10/h3-4,6,12H,5H2,1-2H3;2-5H,1H3,(H,8,9,10)/t6-;/m0./s1. The van der Waals surface area contributed by atoms with Gasteiger partial charge in [-0.1, -0.05) is 29.3 Å². The van der Waals surface area contributed by atoms with Gasteiger partial charge >= 0.3 is 0 Å². The quantitative estimate of drug-likeness (QED) is 0.532. The van der Waals surface area contributed by atoms with Crippen molar-refractivity contribution in [3.8, 4) is 5.75 Å². The molecule has 0 saturated heterocycles. The van der Waals surface area contributed by atoms with Crippen LogP contribution >= 0.6 is 27.5 Å². The Morgan fingerprint density at radius 2 is 1.96 bits per heavy atom. The molecule has 6 nitrogen and oxygen atoms in total. The number of rotatable bonds is 5. The van der Waals surface area contributed by atoms with Crippen molar-refractivity contribution in [2.24, 2.45) is 0 Å². The molecule has 0 aliphatic heterocycles. The molecule has 2 rings (SSSR count). The van der Waals surface area contributed by atoms with Crippen molar-refractivity contribution in [2.45, 2.75) is 24.8 Å². The molecule has 1 atom stereocenters. The van der Waals surface area contributed by atoms with E-state index in [1.54, 1.807) is 24.4 Å². The van der Waals surface area contributed by atoms with Crippen molar-refractivity contribution in [3.63, 3.8) is 0 Å². The van der Waals surface area contributed by atoms with Gasteiger partial charge in [0.1, 0.15) is 17.5 Å². The number of likely N-dealkylation sites (N-methyl/N-ethyl adjacent to an activating group) is 1. The summed E-state index contributed by atoms with van der Waals surface area (Å²) in [5.41, 5.74) is 0.956. The minimum Gasteiger partial charge on any atom is -0.490 e. The maximum Gasteiger partial charge on any atom is 0.294 e. The Morgan fingerprint density at radius 1 is 1.36 bits per heavy atom. The molecular formula is C16H20BrClN2O4S. The summed E-state index contributed by atoms with van der Waals surface area (Å²) in [6, 6.07) is 8.10. The van der Waals surface area contributed by atoms with Gasteiger partial charge in [-0.2, -0.15) is 8.42 Å². The molecule has 0 bridgehead atoms. The van der Waals surface area contributed by atoms with E-state index < -0.39 is 10.1 Å². The van der Waals surface area contributed by atoms with E-state index in [-0.39, 0.29) is 4.90 Å². The van der Waals surface area contributed by atoms with Gasteiger partial charge in [0, 0.05) is 6.04 Å². The third-order valence-corrected chi connectivity index (χ3v) is 5.08. The number of hydrogen-bond donors (Lipinski definition) is 2. The van der Waals surface area contributed by atoms with Crippen LogP contribution in [-0.2, 0) is 10.1 Å². The fourth-order valence-corrected chi connectivity index (χ4v) is 2.41. The minimum atomic E-state index is -4.02. The smallest absolute Gasteiger partial charge is 0.294 e. The number of ether oxygens (including phenoxy) is 1. The molecule has 0 fully saturated rings. The molecule has 0 amide bonds. The normalized spacial score (nSPS) is 12.1. The average Bonchev–Trinajstić information content (AvgIpc) is 2.55. The van der Waals surface area contributed by atoms with Gasteiger partial charge in [0.2, 0.25) is 0 Å². The van der Waals surface area contributed by atoms with E-state index in [9.17, 15) is 8.42 Å². The van der Waals surface area contributed by atoms with Crippen molar-refractivity contribution in [3.05, 3.63) is 51.7 Å². The lowest BCUT2D eigenvalue weighted by atomic mass is 10.2. The predicted octanol–water partition coefficient (Wildman–Crippen LogP) is 3.73. The van der Waals surface area contributed by atoms with Crippen LogP contribution in [-0.4, -0.2) is 37.7 Å². The van der Waals surface area contributed by atoms with Crippen molar-refractivity contribution >= 4 is 37.6 Å². The molecule has 2 N–H and O–H groups in total. The number of benzene rings is 1. The number of nitrogens with one attached hydrogen (secondary N) is 1. The first-order valence-electron chi connectivity index (χ1n) is 7.28. The van der Waals surface area contributed by atoms with Gasteiger partial charge in [-0.05, 0) is 55.0 Å². The first-order chi connectivity index (χ1) is 11.6. The van der Waals surface area contributed by atoms with Gasteiger partial charge in [0.05, 0.1) is 15.6 Å². The van der Waals surface area contributed by atoms with Gasteiger partial charge in [-0.3, -0.25) is 4.55 Å². The fourth-order valence-electron chi connectivity index (χ4n) is 1.50. The Morgan fingerprint density at radius 3 is 2.44 bits per heavy atom. The van der Waals surface area contributed by atoms with Crippen molar-refractivity contribution in [1.29, 1.82) is 0 Å². The first-order valence-corrected chi connectivity index (χ1v) is 9.90. The lowest BCUT2D eigenvalue weighted by molar-refractivity contribution is 0.279. The van der Waals surface area contributed by atoms with E-state index >= 15 is 0 Å². The zero-order valence-electron chi connectivity index (χ0n) is 14.0. The fraction of sp³-hybridized carbons (Fsp3) is 0.312. The number of hydrogen-bond acceptors (Lipinski definition) is 5. The first kappa shape index (κ1) is 21.9. The molecular weight excluding hydrogens is 432 g/mol. The van der Waals surface area contributed by atoms with Gasteiger partial charge in [-0.25, -0.2) is 4.98 Å². The molecule has 0 radical (unpaired) electrons. The molecule has 0 spiro atoms. The van der Waals surface area contributed by atoms with Crippen LogP contribution in [0.15, 0.2) is 45.9 Å². The van der Waals surface area contributed by atoms with Crippen molar-refractivity contribution < 1.29 is 17.7 Å². The van der Waals surface area contributed by atoms with Crippen LogP contribution in [0.3, 0.4) is 0 Å². The molecule has 0 aliphatic carbocycles.